The number of unbranched alkanes of at least 4 members (excludes halogenated alkanes) is 11. The molecule has 150 valence electrons. The summed E-state index contributed by atoms with van der Waals surface area (Å²) >= 11 is 0. The second kappa shape index (κ2) is 19.9. The third-order valence-electron chi connectivity index (χ3n) is 4.38. The summed E-state index contributed by atoms with van der Waals surface area (Å²) < 4.78 is 5.12. The molecule has 0 radical (unpaired) electrons. The molecule has 0 aliphatic carbocycles. The summed E-state index contributed by atoms with van der Waals surface area (Å²) in [4.78, 5) is 0. The van der Waals surface area contributed by atoms with Crippen LogP contribution in [-0.2, 0) is 4.74 Å². The van der Waals surface area contributed by atoms with Gasteiger partial charge in [0.15, 0.2) is 0 Å². The van der Waals surface area contributed by atoms with E-state index in [1.807, 2.05) is 6.08 Å². The van der Waals surface area contributed by atoms with Crippen LogP contribution in [-0.4, -0.2) is 47.3 Å². The lowest BCUT2D eigenvalue weighted by Gasteiger charge is -2.11. The Kier molecular flexibility index (Phi) is 19.6. The molecule has 0 aliphatic rings. The summed E-state index contributed by atoms with van der Waals surface area (Å²) in [7, 11) is 0. The molecule has 0 heterocycles. The van der Waals surface area contributed by atoms with Gasteiger partial charge in [-0.2, -0.15) is 0 Å². The number of allylic oxidation sites excluding steroid dienone is 1. The van der Waals surface area contributed by atoms with Gasteiger partial charge in [0.1, 0.15) is 6.10 Å². The molecule has 3 N–H and O–H groups in total. The predicted octanol–water partition coefficient (Wildman–Crippen LogP) is 4.36. The zero-order chi connectivity index (χ0) is 18.6. The fourth-order valence-corrected chi connectivity index (χ4v) is 2.76. The van der Waals surface area contributed by atoms with Crippen LogP contribution in [0.5, 0.6) is 0 Å². The van der Waals surface area contributed by atoms with E-state index in [9.17, 15) is 5.11 Å². The summed E-state index contributed by atoms with van der Waals surface area (Å²) in [5.41, 5.74) is 0. The maximum absolute atomic E-state index is 9.71. The summed E-state index contributed by atoms with van der Waals surface area (Å²) in [5, 5.41) is 27.5. The van der Waals surface area contributed by atoms with Crippen LogP contribution in [0.2, 0.25) is 0 Å². The molecular weight excluding hydrogens is 316 g/mol. The van der Waals surface area contributed by atoms with Gasteiger partial charge in [-0.25, -0.2) is 0 Å². The van der Waals surface area contributed by atoms with Crippen molar-refractivity contribution in [1.29, 1.82) is 0 Å². The van der Waals surface area contributed by atoms with Crippen molar-refractivity contribution in [3.05, 3.63) is 12.2 Å². The smallest absolute Gasteiger partial charge is 0.100 e. The Balaban J connectivity index is 3.24. The lowest BCUT2D eigenvalue weighted by atomic mass is 10.1. The fourth-order valence-electron chi connectivity index (χ4n) is 2.76. The summed E-state index contributed by atoms with van der Waals surface area (Å²) in [6.45, 7) is 2.21. The molecule has 0 aliphatic heterocycles. The Labute approximate surface area is 155 Å². The first-order chi connectivity index (χ1) is 12.2. The number of ether oxygens (including phenoxy) is 1. The van der Waals surface area contributed by atoms with Crippen LogP contribution >= 0.6 is 0 Å². The van der Waals surface area contributed by atoms with E-state index in [2.05, 4.69) is 13.0 Å². The van der Waals surface area contributed by atoms with Crippen LogP contribution in [0.4, 0.5) is 0 Å². The molecule has 0 aromatic rings. The molecule has 0 spiro atoms. The van der Waals surface area contributed by atoms with E-state index in [1.165, 1.54) is 70.6 Å². The number of hydrogen-bond acceptors (Lipinski definition) is 4. The maximum atomic E-state index is 9.71. The van der Waals surface area contributed by atoms with Crippen molar-refractivity contribution in [2.45, 2.75) is 103 Å². The van der Waals surface area contributed by atoms with E-state index in [-0.39, 0.29) is 19.8 Å². The van der Waals surface area contributed by atoms with E-state index in [0.29, 0.717) is 6.42 Å². The van der Waals surface area contributed by atoms with Crippen LogP contribution < -0.4 is 0 Å². The van der Waals surface area contributed by atoms with Gasteiger partial charge in [0.25, 0.3) is 0 Å². The van der Waals surface area contributed by atoms with Gasteiger partial charge >= 0.3 is 0 Å². The molecule has 0 saturated carbocycles. The Morgan fingerprint density at radius 3 is 1.80 bits per heavy atom. The predicted molar refractivity (Wildman–Crippen MR) is 105 cm³/mol. The van der Waals surface area contributed by atoms with Crippen molar-refractivity contribution >= 4 is 0 Å². The third kappa shape index (κ3) is 19.7. The Hall–Kier alpha value is -0.420. The average molecular weight is 359 g/mol. The van der Waals surface area contributed by atoms with Gasteiger partial charge in [-0.1, -0.05) is 83.3 Å². The van der Waals surface area contributed by atoms with E-state index >= 15 is 0 Å². The number of aliphatic hydroxyl groups excluding tert-OH is 3. The van der Waals surface area contributed by atoms with Gasteiger partial charge in [-0.3, -0.25) is 0 Å². The van der Waals surface area contributed by atoms with Crippen molar-refractivity contribution in [3.8, 4) is 0 Å². The lowest BCUT2D eigenvalue weighted by molar-refractivity contribution is -0.0233. The number of rotatable bonds is 19. The zero-order valence-corrected chi connectivity index (χ0v) is 16.4. The first-order valence-corrected chi connectivity index (χ1v) is 10.4. The summed E-state index contributed by atoms with van der Waals surface area (Å²) in [5.74, 6) is 0. The van der Waals surface area contributed by atoms with E-state index in [4.69, 9.17) is 14.9 Å². The molecule has 0 amide bonds. The summed E-state index contributed by atoms with van der Waals surface area (Å²) in [6, 6.07) is 0. The molecule has 0 unspecified atom stereocenters. The highest BCUT2D eigenvalue weighted by molar-refractivity contribution is 4.84. The largest absolute Gasteiger partial charge is 0.394 e. The highest BCUT2D eigenvalue weighted by Crippen LogP contribution is 2.12. The second-order valence-electron chi connectivity index (χ2n) is 7.06. The highest BCUT2D eigenvalue weighted by atomic mass is 16.5. The van der Waals surface area contributed by atoms with Crippen molar-refractivity contribution in [2.24, 2.45) is 0 Å². The molecular formula is C21H42O4. The van der Waals surface area contributed by atoms with E-state index in [1.54, 1.807) is 0 Å². The molecule has 2 atom stereocenters. The monoisotopic (exact) mass is 358 g/mol. The number of hydrogen-bond donors (Lipinski definition) is 3. The van der Waals surface area contributed by atoms with Crippen LogP contribution in [0.25, 0.3) is 0 Å². The molecule has 25 heavy (non-hydrogen) atoms. The topological polar surface area (TPSA) is 69.9 Å². The molecule has 4 nitrogen and oxygen atoms in total. The van der Waals surface area contributed by atoms with Gasteiger partial charge in [0, 0.05) is 0 Å². The van der Waals surface area contributed by atoms with Crippen molar-refractivity contribution in [1.82, 2.24) is 0 Å². The average Bonchev–Trinajstić information content (AvgIpc) is 2.61. The SMILES string of the molecule is CCCCCCCCCCCCC/C=C\C[C@@H](O)COC[C@@H](O)CO. The minimum Gasteiger partial charge on any atom is -0.394 e. The summed E-state index contributed by atoms with van der Waals surface area (Å²) in [6.07, 6.45) is 19.4. The Morgan fingerprint density at radius 1 is 0.720 bits per heavy atom. The van der Waals surface area contributed by atoms with Crippen molar-refractivity contribution in [3.63, 3.8) is 0 Å². The molecule has 0 bridgehead atoms. The minimum atomic E-state index is -0.858. The molecule has 0 aromatic heterocycles. The van der Waals surface area contributed by atoms with Crippen LogP contribution in [0.15, 0.2) is 12.2 Å². The van der Waals surface area contributed by atoms with Crippen molar-refractivity contribution < 1.29 is 20.1 Å². The normalized spacial score (nSPS) is 14.2. The standard InChI is InChI=1S/C21H42O4/c1-2-3-4-5-6-7-8-9-10-11-12-13-14-15-16-20(23)18-25-19-21(24)17-22/h14-15,20-24H,2-13,16-19H2,1H3/b15-14-/t20-,21+/m1/s1. The molecule has 0 saturated heterocycles. The molecule has 0 aromatic carbocycles. The Bertz CT molecular complexity index is 281. The van der Waals surface area contributed by atoms with Gasteiger partial charge in [-0.05, 0) is 19.3 Å². The first kappa shape index (κ1) is 24.6. The van der Waals surface area contributed by atoms with Crippen LogP contribution in [0, 0.1) is 0 Å². The van der Waals surface area contributed by atoms with Crippen LogP contribution in [0.3, 0.4) is 0 Å². The van der Waals surface area contributed by atoms with E-state index in [0.717, 1.165) is 6.42 Å². The van der Waals surface area contributed by atoms with Gasteiger partial charge in [0.2, 0.25) is 0 Å². The third-order valence-corrected chi connectivity index (χ3v) is 4.38. The second-order valence-corrected chi connectivity index (χ2v) is 7.06. The first-order valence-electron chi connectivity index (χ1n) is 10.4. The Morgan fingerprint density at radius 2 is 1.24 bits per heavy atom. The highest BCUT2D eigenvalue weighted by Gasteiger charge is 2.05. The quantitative estimate of drug-likeness (QED) is 0.237. The minimum absolute atomic E-state index is 0.0655. The zero-order valence-electron chi connectivity index (χ0n) is 16.4. The van der Waals surface area contributed by atoms with Crippen LogP contribution in [0.1, 0.15) is 90.4 Å². The van der Waals surface area contributed by atoms with Crippen molar-refractivity contribution in [2.75, 3.05) is 19.8 Å². The van der Waals surface area contributed by atoms with Gasteiger partial charge < -0.3 is 20.1 Å². The molecule has 4 heteroatoms. The van der Waals surface area contributed by atoms with E-state index < -0.39 is 12.2 Å². The number of aliphatic hydroxyl groups is 3. The molecule has 0 rings (SSSR count). The van der Waals surface area contributed by atoms with Gasteiger partial charge in [0.05, 0.1) is 25.9 Å². The maximum Gasteiger partial charge on any atom is 0.100 e. The van der Waals surface area contributed by atoms with Gasteiger partial charge in [-0.15, -0.1) is 0 Å². The fraction of sp³-hybridized carbons (Fsp3) is 0.905. The lowest BCUT2D eigenvalue weighted by Crippen LogP contribution is -2.23. The molecule has 0 fully saturated rings.